The Morgan fingerprint density at radius 3 is 2.50 bits per heavy atom. The van der Waals surface area contributed by atoms with Crippen molar-refractivity contribution in [3.05, 3.63) is 47.0 Å². The van der Waals surface area contributed by atoms with E-state index in [1.807, 2.05) is 0 Å². The number of rotatable bonds is 3. The van der Waals surface area contributed by atoms with Crippen molar-refractivity contribution in [2.24, 2.45) is 0 Å². The molecule has 1 aromatic carbocycles. The van der Waals surface area contributed by atoms with Gasteiger partial charge in [0.05, 0.1) is 6.04 Å². The molecule has 18 heavy (non-hydrogen) atoms. The van der Waals surface area contributed by atoms with E-state index in [2.05, 4.69) is 5.32 Å². The van der Waals surface area contributed by atoms with Gasteiger partial charge in [0.25, 0.3) is 5.91 Å². The number of aliphatic hydroxyl groups excluding tert-OH is 1. The second-order valence-electron chi connectivity index (χ2n) is 4.17. The number of nitrogens with one attached hydrogen (secondary N) is 1. The van der Waals surface area contributed by atoms with Crippen molar-refractivity contribution in [3.8, 4) is 0 Å². The number of benzene rings is 1. The highest BCUT2D eigenvalue weighted by atomic mass is 19.1. The molecule has 2 N–H and O–H groups in total. The van der Waals surface area contributed by atoms with Crippen molar-refractivity contribution < 1.29 is 19.1 Å². The summed E-state index contributed by atoms with van der Waals surface area (Å²) >= 11 is 0. The minimum atomic E-state index is -0.623. The summed E-state index contributed by atoms with van der Waals surface area (Å²) in [5.41, 5.74) is 0.570. The first-order chi connectivity index (χ1) is 8.49. The fourth-order valence-electron chi connectivity index (χ4n) is 1.93. The second-order valence-corrected chi connectivity index (χ2v) is 4.17. The summed E-state index contributed by atoms with van der Waals surface area (Å²) < 4.78 is 12.7. The Morgan fingerprint density at radius 2 is 2.00 bits per heavy atom. The maximum Gasteiger partial charge on any atom is 0.259 e. The maximum absolute atomic E-state index is 12.7. The van der Waals surface area contributed by atoms with Crippen LogP contribution in [0.1, 0.15) is 12.5 Å². The topological polar surface area (TPSA) is 66.4 Å². The van der Waals surface area contributed by atoms with Gasteiger partial charge in [-0.3, -0.25) is 9.59 Å². The minimum Gasteiger partial charge on any atom is -0.509 e. The van der Waals surface area contributed by atoms with E-state index in [1.165, 1.54) is 19.1 Å². The molecule has 1 aliphatic rings. The molecular formula is C13H12FNO3. The zero-order valence-electron chi connectivity index (χ0n) is 9.74. The molecule has 0 fully saturated rings. The number of hydrogen-bond donors (Lipinski definition) is 2. The number of carbonyl (C=O) groups excluding carboxylic acids is 2. The first-order valence-corrected chi connectivity index (χ1v) is 5.48. The first kappa shape index (κ1) is 12.3. The lowest BCUT2D eigenvalue weighted by Crippen LogP contribution is -2.31. The molecule has 1 aliphatic heterocycles. The van der Waals surface area contributed by atoms with Crippen molar-refractivity contribution in [3.63, 3.8) is 0 Å². The van der Waals surface area contributed by atoms with Crippen LogP contribution < -0.4 is 5.32 Å². The zero-order chi connectivity index (χ0) is 13.3. The van der Waals surface area contributed by atoms with Crippen LogP contribution in [0.15, 0.2) is 35.6 Å². The average molecular weight is 249 g/mol. The molecule has 4 nitrogen and oxygen atoms in total. The third kappa shape index (κ3) is 2.25. The normalized spacial score (nSPS) is 19.0. The van der Waals surface area contributed by atoms with E-state index in [4.69, 9.17) is 0 Å². The predicted molar refractivity (Wildman–Crippen MR) is 62.4 cm³/mol. The van der Waals surface area contributed by atoms with Crippen LogP contribution in [-0.2, 0) is 16.0 Å². The van der Waals surface area contributed by atoms with Crippen LogP contribution in [0.5, 0.6) is 0 Å². The van der Waals surface area contributed by atoms with Crippen LogP contribution in [0.25, 0.3) is 0 Å². The van der Waals surface area contributed by atoms with Crippen molar-refractivity contribution in [2.45, 2.75) is 19.4 Å². The van der Waals surface area contributed by atoms with Gasteiger partial charge < -0.3 is 10.4 Å². The Morgan fingerprint density at radius 1 is 1.39 bits per heavy atom. The quantitative estimate of drug-likeness (QED) is 0.793. The third-order valence-electron chi connectivity index (χ3n) is 2.82. The molecule has 1 atom stereocenters. The van der Waals surface area contributed by atoms with Crippen molar-refractivity contribution in [1.82, 2.24) is 5.32 Å². The fourth-order valence-corrected chi connectivity index (χ4v) is 1.93. The molecule has 0 radical (unpaired) electrons. The van der Waals surface area contributed by atoms with Crippen molar-refractivity contribution >= 4 is 11.7 Å². The van der Waals surface area contributed by atoms with Crippen LogP contribution in [0.3, 0.4) is 0 Å². The fraction of sp³-hybridized carbons (Fsp3) is 0.231. The van der Waals surface area contributed by atoms with Gasteiger partial charge in [-0.15, -0.1) is 0 Å². The molecule has 0 saturated heterocycles. The molecule has 0 aromatic heterocycles. The second kappa shape index (κ2) is 4.60. The molecule has 0 aliphatic carbocycles. The molecule has 1 aromatic rings. The summed E-state index contributed by atoms with van der Waals surface area (Å²) in [5.74, 6) is -1.62. The number of carbonyl (C=O) groups is 2. The smallest absolute Gasteiger partial charge is 0.259 e. The lowest BCUT2D eigenvalue weighted by atomic mass is 10.0. The van der Waals surface area contributed by atoms with Gasteiger partial charge in [0.2, 0.25) is 0 Å². The van der Waals surface area contributed by atoms with Gasteiger partial charge in [-0.2, -0.15) is 0 Å². The van der Waals surface area contributed by atoms with Gasteiger partial charge in [0, 0.05) is 0 Å². The molecule has 1 heterocycles. The Bertz CT molecular complexity index is 534. The number of hydrogen-bond acceptors (Lipinski definition) is 3. The van der Waals surface area contributed by atoms with E-state index >= 15 is 0 Å². The van der Waals surface area contributed by atoms with E-state index in [0.717, 1.165) is 5.56 Å². The highest BCUT2D eigenvalue weighted by molar-refractivity contribution is 6.20. The van der Waals surface area contributed by atoms with Crippen LogP contribution in [-0.4, -0.2) is 22.8 Å². The SMILES string of the molecule is CC(=O)C1=C(O)C(Cc2ccc(F)cc2)NC1=O. The first-order valence-electron chi connectivity index (χ1n) is 5.48. The third-order valence-corrected chi connectivity index (χ3v) is 2.82. The molecule has 0 bridgehead atoms. The van der Waals surface area contributed by atoms with Gasteiger partial charge in [-0.25, -0.2) is 4.39 Å². The Balaban J connectivity index is 2.19. The molecule has 1 unspecified atom stereocenters. The van der Waals surface area contributed by atoms with Crippen LogP contribution in [0.2, 0.25) is 0 Å². The molecule has 2 rings (SSSR count). The molecule has 94 valence electrons. The summed E-state index contributed by atoms with van der Waals surface area (Å²) in [5, 5.41) is 12.3. The van der Waals surface area contributed by atoms with Gasteiger partial charge in [-0.1, -0.05) is 12.1 Å². The maximum atomic E-state index is 12.7. The Labute approximate surface area is 103 Å². The van der Waals surface area contributed by atoms with Crippen molar-refractivity contribution in [1.29, 1.82) is 0 Å². The molecular weight excluding hydrogens is 237 g/mol. The number of halogens is 1. The number of amides is 1. The van der Waals surface area contributed by atoms with Crippen LogP contribution >= 0.6 is 0 Å². The average Bonchev–Trinajstić information content (AvgIpc) is 2.57. The summed E-state index contributed by atoms with van der Waals surface area (Å²) in [6.45, 7) is 1.23. The largest absolute Gasteiger partial charge is 0.509 e. The number of Topliss-reactive ketones (excluding diaryl/α,β-unsaturated/α-hetero) is 1. The lowest BCUT2D eigenvalue weighted by Gasteiger charge is -2.10. The van der Waals surface area contributed by atoms with E-state index in [0.29, 0.717) is 6.42 Å². The van der Waals surface area contributed by atoms with Crippen LogP contribution in [0, 0.1) is 5.82 Å². The minimum absolute atomic E-state index is 0.192. The number of ketones is 1. The monoisotopic (exact) mass is 249 g/mol. The van der Waals surface area contributed by atoms with E-state index in [1.54, 1.807) is 12.1 Å². The lowest BCUT2D eigenvalue weighted by molar-refractivity contribution is -0.121. The summed E-state index contributed by atoms with van der Waals surface area (Å²) in [7, 11) is 0. The Hall–Kier alpha value is -2.17. The standard InChI is InChI=1S/C13H12FNO3/c1-7(16)11-12(17)10(15-13(11)18)6-8-2-4-9(14)5-3-8/h2-5,10,17H,6H2,1H3,(H,15,18). The van der Waals surface area contributed by atoms with Crippen molar-refractivity contribution in [2.75, 3.05) is 0 Å². The van der Waals surface area contributed by atoms with E-state index in [9.17, 15) is 19.1 Å². The molecule has 0 saturated carbocycles. The van der Waals surface area contributed by atoms with Crippen LogP contribution in [0.4, 0.5) is 4.39 Å². The van der Waals surface area contributed by atoms with E-state index < -0.39 is 17.7 Å². The highest BCUT2D eigenvalue weighted by Crippen LogP contribution is 2.19. The summed E-state index contributed by atoms with van der Waals surface area (Å²) in [6.07, 6.45) is 0.314. The molecule has 1 amide bonds. The van der Waals surface area contributed by atoms with Gasteiger partial charge >= 0.3 is 0 Å². The Kier molecular flexibility index (Phi) is 3.14. The van der Waals surface area contributed by atoms with Gasteiger partial charge in [-0.05, 0) is 31.0 Å². The van der Waals surface area contributed by atoms with E-state index in [-0.39, 0.29) is 17.1 Å². The highest BCUT2D eigenvalue weighted by Gasteiger charge is 2.33. The number of aliphatic hydroxyl groups is 1. The zero-order valence-corrected chi connectivity index (χ0v) is 9.74. The summed E-state index contributed by atoms with van der Waals surface area (Å²) in [6, 6.07) is 5.13. The molecule has 0 spiro atoms. The van der Waals surface area contributed by atoms with Gasteiger partial charge in [0.1, 0.15) is 17.1 Å². The predicted octanol–water partition coefficient (Wildman–Crippen LogP) is 1.27. The van der Waals surface area contributed by atoms with Gasteiger partial charge in [0.15, 0.2) is 5.78 Å². The summed E-state index contributed by atoms with van der Waals surface area (Å²) in [4.78, 5) is 22.7. The molecule has 5 heteroatoms.